The molecular formula is C15H11NO3S2. The summed E-state index contributed by atoms with van der Waals surface area (Å²) in [6.07, 6.45) is 1.46. The van der Waals surface area contributed by atoms with Gasteiger partial charge in [-0.05, 0) is 35.7 Å². The number of nitrogens with one attached hydrogen (secondary N) is 1. The van der Waals surface area contributed by atoms with Crippen molar-refractivity contribution in [2.75, 3.05) is 0 Å². The number of thiophene rings is 2. The summed E-state index contributed by atoms with van der Waals surface area (Å²) in [7, 11) is 0. The lowest BCUT2D eigenvalue weighted by Crippen LogP contribution is -2.21. The number of ketones is 1. The molecule has 0 bridgehead atoms. The molecule has 1 N–H and O–H groups in total. The molecule has 1 amide bonds. The first-order valence-electron chi connectivity index (χ1n) is 6.22. The van der Waals surface area contributed by atoms with E-state index in [1.54, 1.807) is 18.2 Å². The molecule has 21 heavy (non-hydrogen) atoms. The number of carbonyl (C=O) groups excluding carboxylic acids is 2. The van der Waals surface area contributed by atoms with Gasteiger partial charge in [0.25, 0.3) is 5.91 Å². The maximum atomic E-state index is 12.2. The molecule has 106 valence electrons. The quantitative estimate of drug-likeness (QED) is 0.732. The topological polar surface area (TPSA) is 59.3 Å². The van der Waals surface area contributed by atoms with Crippen molar-refractivity contribution in [3.05, 3.63) is 68.4 Å². The largest absolute Gasteiger partial charge is 0.459 e. The lowest BCUT2D eigenvalue weighted by Gasteiger charge is -2.00. The Labute approximate surface area is 129 Å². The minimum Gasteiger partial charge on any atom is -0.459 e. The predicted molar refractivity (Wildman–Crippen MR) is 81.9 cm³/mol. The van der Waals surface area contributed by atoms with Gasteiger partial charge in [-0.25, -0.2) is 0 Å². The van der Waals surface area contributed by atoms with E-state index in [4.69, 9.17) is 4.42 Å². The minimum atomic E-state index is -0.264. The number of rotatable bonds is 5. The maximum absolute atomic E-state index is 12.2. The number of hydrogen-bond donors (Lipinski definition) is 1. The van der Waals surface area contributed by atoms with E-state index in [0.29, 0.717) is 11.4 Å². The summed E-state index contributed by atoms with van der Waals surface area (Å²) in [6, 6.07) is 10.6. The second-order valence-corrected chi connectivity index (χ2v) is 6.35. The fraction of sp³-hybridized carbons (Fsp3) is 0.0667. The zero-order valence-corrected chi connectivity index (χ0v) is 12.5. The Morgan fingerprint density at radius 1 is 1.10 bits per heavy atom. The van der Waals surface area contributed by atoms with E-state index in [-0.39, 0.29) is 17.5 Å². The number of amides is 1. The van der Waals surface area contributed by atoms with Gasteiger partial charge < -0.3 is 9.73 Å². The molecule has 0 spiro atoms. The van der Waals surface area contributed by atoms with Crippen molar-refractivity contribution in [1.82, 2.24) is 5.32 Å². The van der Waals surface area contributed by atoms with Crippen molar-refractivity contribution in [1.29, 1.82) is 0 Å². The van der Waals surface area contributed by atoms with Crippen molar-refractivity contribution in [3.63, 3.8) is 0 Å². The van der Waals surface area contributed by atoms with Gasteiger partial charge in [0.05, 0.1) is 22.6 Å². The van der Waals surface area contributed by atoms with Gasteiger partial charge in [0.15, 0.2) is 5.76 Å². The standard InChI is InChI=1S/C15H11NO3S2/c17-14(12-4-2-8-20-12)13-6-5-10(21-13)9-16-15(18)11-3-1-7-19-11/h1-8H,9H2,(H,16,18). The summed E-state index contributed by atoms with van der Waals surface area (Å²) >= 11 is 2.82. The van der Waals surface area contributed by atoms with E-state index < -0.39 is 0 Å². The highest BCUT2D eigenvalue weighted by atomic mass is 32.1. The molecule has 3 aromatic heterocycles. The molecular weight excluding hydrogens is 306 g/mol. The molecule has 0 aromatic carbocycles. The van der Waals surface area contributed by atoms with Gasteiger partial charge in [-0.1, -0.05) is 6.07 Å². The van der Waals surface area contributed by atoms with Gasteiger partial charge in [0.2, 0.25) is 5.78 Å². The van der Waals surface area contributed by atoms with E-state index in [9.17, 15) is 9.59 Å². The Morgan fingerprint density at radius 3 is 2.71 bits per heavy atom. The normalized spacial score (nSPS) is 10.5. The number of carbonyl (C=O) groups is 2. The third kappa shape index (κ3) is 3.12. The summed E-state index contributed by atoms with van der Waals surface area (Å²) in [6.45, 7) is 0.377. The average molecular weight is 317 g/mol. The Morgan fingerprint density at radius 2 is 2.00 bits per heavy atom. The Kier molecular flexibility index (Phi) is 3.98. The van der Waals surface area contributed by atoms with E-state index in [1.165, 1.54) is 28.9 Å². The minimum absolute atomic E-state index is 0.0265. The summed E-state index contributed by atoms with van der Waals surface area (Å²) in [5.74, 6) is 0.0413. The molecule has 0 atom stereocenters. The van der Waals surface area contributed by atoms with E-state index in [0.717, 1.165) is 9.75 Å². The molecule has 3 aromatic rings. The van der Waals surface area contributed by atoms with Gasteiger partial charge in [-0.15, -0.1) is 22.7 Å². The SMILES string of the molecule is O=C(NCc1ccc(C(=O)c2cccs2)s1)c1ccco1. The van der Waals surface area contributed by atoms with Crippen molar-refractivity contribution >= 4 is 34.4 Å². The van der Waals surface area contributed by atoms with Crippen LogP contribution in [0.15, 0.2) is 52.5 Å². The molecule has 3 rings (SSSR count). The first-order valence-corrected chi connectivity index (χ1v) is 7.92. The molecule has 0 saturated carbocycles. The molecule has 6 heteroatoms. The summed E-state index contributed by atoms with van der Waals surface area (Å²) in [5, 5.41) is 4.64. The van der Waals surface area contributed by atoms with Gasteiger partial charge in [0.1, 0.15) is 0 Å². The highest BCUT2D eigenvalue weighted by molar-refractivity contribution is 7.16. The van der Waals surface area contributed by atoms with Crippen LogP contribution in [0, 0.1) is 0 Å². The van der Waals surface area contributed by atoms with Crippen LogP contribution in [0.25, 0.3) is 0 Å². The molecule has 0 unspecified atom stereocenters. The smallest absolute Gasteiger partial charge is 0.287 e. The van der Waals surface area contributed by atoms with Crippen molar-refractivity contribution in [2.24, 2.45) is 0 Å². The Hall–Kier alpha value is -2.18. The summed E-state index contributed by atoms with van der Waals surface area (Å²) < 4.78 is 5.01. The third-order valence-electron chi connectivity index (χ3n) is 2.80. The van der Waals surface area contributed by atoms with Gasteiger partial charge in [0, 0.05) is 4.88 Å². The van der Waals surface area contributed by atoms with Crippen LogP contribution in [0.1, 0.15) is 30.0 Å². The monoisotopic (exact) mass is 317 g/mol. The van der Waals surface area contributed by atoms with Crippen molar-refractivity contribution < 1.29 is 14.0 Å². The highest BCUT2D eigenvalue weighted by Gasteiger charge is 2.13. The van der Waals surface area contributed by atoms with Crippen LogP contribution in [0.4, 0.5) is 0 Å². The van der Waals surface area contributed by atoms with Crippen molar-refractivity contribution in [3.8, 4) is 0 Å². The van der Waals surface area contributed by atoms with Crippen LogP contribution in [0.3, 0.4) is 0 Å². The van der Waals surface area contributed by atoms with Gasteiger partial charge >= 0.3 is 0 Å². The van der Waals surface area contributed by atoms with Crippen LogP contribution in [0.2, 0.25) is 0 Å². The lowest BCUT2D eigenvalue weighted by atomic mass is 10.3. The highest BCUT2D eigenvalue weighted by Crippen LogP contribution is 2.22. The van der Waals surface area contributed by atoms with Gasteiger partial charge in [-0.2, -0.15) is 0 Å². The van der Waals surface area contributed by atoms with E-state index in [1.807, 2.05) is 23.6 Å². The first-order chi connectivity index (χ1) is 10.2. The van der Waals surface area contributed by atoms with Gasteiger partial charge in [-0.3, -0.25) is 9.59 Å². The lowest BCUT2D eigenvalue weighted by molar-refractivity contribution is 0.0923. The van der Waals surface area contributed by atoms with Crippen LogP contribution in [-0.2, 0) is 6.54 Å². The molecule has 0 aliphatic heterocycles. The Balaban J connectivity index is 1.63. The summed E-state index contributed by atoms with van der Waals surface area (Å²) in [5.41, 5.74) is 0. The molecule has 0 aliphatic carbocycles. The maximum Gasteiger partial charge on any atom is 0.287 e. The fourth-order valence-electron chi connectivity index (χ4n) is 1.79. The molecule has 0 fully saturated rings. The zero-order valence-electron chi connectivity index (χ0n) is 10.9. The molecule has 4 nitrogen and oxygen atoms in total. The fourth-order valence-corrected chi connectivity index (χ4v) is 3.43. The van der Waals surface area contributed by atoms with Crippen LogP contribution >= 0.6 is 22.7 Å². The van der Waals surface area contributed by atoms with Crippen LogP contribution in [-0.4, -0.2) is 11.7 Å². The molecule has 0 aliphatic rings. The second-order valence-electron chi connectivity index (χ2n) is 4.23. The average Bonchev–Trinajstić information content (AvgIpc) is 3.26. The zero-order chi connectivity index (χ0) is 14.7. The molecule has 0 saturated heterocycles. The number of furan rings is 1. The van der Waals surface area contributed by atoms with Crippen molar-refractivity contribution in [2.45, 2.75) is 6.54 Å². The predicted octanol–water partition coefficient (Wildman–Crippen LogP) is 3.56. The molecule has 3 heterocycles. The third-order valence-corrected chi connectivity index (χ3v) is 4.75. The molecule has 0 radical (unpaired) electrons. The Bertz CT molecular complexity index is 742. The number of hydrogen-bond acceptors (Lipinski definition) is 5. The summed E-state index contributed by atoms with van der Waals surface area (Å²) in [4.78, 5) is 26.2. The van der Waals surface area contributed by atoms with E-state index >= 15 is 0 Å². The second kappa shape index (κ2) is 6.07. The first kappa shape index (κ1) is 13.8. The van der Waals surface area contributed by atoms with Crippen LogP contribution < -0.4 is 5.32 Å². The van der Waals surface area contributed by atoms with Crippen LogP contribution in [0.5, 0.6) is 0 Å². The van der Waals surface area contributed by atoms with E-state index in [2.05, 4.69) is 5.32 Å².